The van der Waals surface area contributed by atoms with Crippen molar-refractivity contribution in [2.75, 3.05) is 20.2 Å². The van der Waals surface area contributed by atoms with Crippen LogP contribution in [0.5, 0.6) is 0 Å². The molecule has 0 spiro atoms. The van der Waals surface area contributed by atoms with Crippen molar-refractivity contribution in [2.45, 2.75) is 33.4 Å². The zero-order valence-electron chi connectivity index (χ0n) is 11.4. The predicted molar refractivity (Wildman–Crippen MR) is 73.4 cm³/mol. The van der Waals surface area contributed by atoms with E-state index >= 15 is 0 Å². The Bertz CT molecular complexity index is 401. The zero-order valence-corrected chi connectivity index (χ0v) is 12.2. The van der Waals surface area contributed by atoms with E-state index in [1.165, 1.54) is 11.3 Å². The fraction of sp³-hybridized carbons (Fsp3) is 0.615. The van der Waals surface area contributed by atoms with Crippen molar-refractivity contribution in [3.63, 3.8) is 0 Å². The van der Waals surface area contributed by atoms with Crippen molar-refractivity contribution in [1.82, 2.24) is 4.90 Å². The van der Waals surface area contributed by atoms with Gasteiger partial charge in [0, 0.05) is 18.0 Å². The molecule has 4 nitrogen and oxygen atoms in total. The second-order valence-corrected chi connectivity index (χ2v) is 5.91. The smallest absolute Gasteiger partial charge is 0.345 e. The minimum absolute atomic E-state index is 0.250. The summed E-state index contributed by atoms with van der Waals surface area (Å²) in [6.07, 6.45) is 0.250. The van der Waals surface area contributed by atoms with E-state index in [1.54, 1.807) is 6.07 Å². The second-order valence-electron chi connectivity index (χ2n) is 4.65. The van der Waals surface area contributed by atoms with Crippen LogP contribution in [0.3, 0.4) is 0 Å². The highest BCUT2D eigenvalue weighted by atomic mass is 32.1. The van der Waals surface area contributed by atoms with Gasteiger partial charge < -0.3 is 9.84 Å². The number of nitrogens with zero attached hydrogens (tertiary/aromatic N) is 1. The Hall–Kier alpha value is -0.910. The second kappa shape index (κ2) is 6.87. The Balaban J connectivity index is 2.48. The van der Waals surface area contributed by atoms with Gasteiger partial charge in [0.05, 0.1) is 12.7 Å². The number of hydrogen-bond donors (Lipinski definition) is 1. The van der Waals surface area contributed by atoms with E-state index in [0.717, 1.165) is 23.5 Å². The van der Waals surface area contributed by atoms with Crippen molar-refractivity contribution in [3.05, 3.63) is 21.4 Å². The molecule has 0 radical (unpaired) electrons. The van der Waals surface area contributed by atoms with Crippen LogP contribution in [0.25, 0.3) is 0 Å². The highest BCUT2D eigenvalue weighted by Crippen LogP contribution is 2.22. The van der Waals surface area contributed by atoms with Gasteiger partial charge in [-0.2, -0.15) is 0 Å². The zero-order chi connectivity index (χ0) is 13.7. The highest BCUT2D eigenvalue weighted by molar-refractivity contribution is 7.14. The molecule has 1 heterocycles. The van der Waals surface area contributed by atoms with E-state index in [9.17, 15) is 4.79 Å². The predicted octanol–water partition coefficient (Wildman–Crippen LogP) is 2.61. The summed E-state index contributed by atoms with van der Waals surface area (Å²) in [6, 6.07) is 1.77. The first kappa shape index (κ1) is 15.1. The van der Waals surface area contributed by atoms with Gasteiger partial charge in [0.15, 0.2) is 0 Å². The molecule has 5 heteroatoms. The van der Waals surface area contributed by atoms with Crippen LogP contribution in [0.4, 0.5) is 0 Å². The standard InChI is InChI=1S/C13H21NO3S/c1-9(2)17-6-5-14(4)8-11-7-12(13(15)16)18-10(11)3/h7,9H,5-6,8H2,1-4H3,(H,15,16). The van der Waals surface area contributed by atoms with E-state index in [4.69, 9.17) is 9.84 Å². The lowest BCUT2D eigenvalue weighted by Gasteiger charge is -2.17. The number of carboxylic acids is 1. The van der Waals surface area contributed by atoms with Crippen LogP contribution in [-0.4, -0.2) is 42.3 Å². The average molecular weight is 271 g/mol. The number of thiophene rings is 1. The van der Waals surface area contributed by atoms with Gasteiger partial charge in [0.2, 0.25) is 0 Å². The molecule has 102 valence electrons. The molecule has 1 N–H and O–H groups in total. The molecular formula is C13H21NO3S. The molecule has 0 atom stereocenters. The first-order valence-corrected chi connectivity index (χ1v) is 6.84. The quantitative estimate of drug-likeness (QED) is 0.828. The number of carboxylic acid groups (broad SMARTS) is 1. The summed E-state index contributed by atoms with van der Waals surface area (Å²) < 4.78 is 5.49. The Morgan fingerprint density at radius 1 is 1.56 bits per heavy atom. The van der Waals surface area contributed by atoms with E-state index in [1.807, 2.05) is 27.8 Å². The van der Waals surface area contributed by atoms with Crippen molar-refractivity contribution in [3.8, 4) is 0 Å². The lowest BCUT2D eigenvalue weighted by atomic mass is 10.2. The summed E-state index contributed by atoms with van der Waals surface area (Å²) in [4.78, 5) is 14.5. The van der Waals surface area contributed by atoms with Crippen LogP contribution in [0.2, 0.25) is 0 Å². The number of ether oxygens (including phenoxy) is 1. The molecule has 1 aromatic heterocycles. The Morgan fingerprint density at radius 3 is 2.72 bits per heavy atom. The van der Waals surface area contributed by atoms with Crippen molar-refractivity contribution < 1.29 is 14.6 Å². The molecule has 0 saturated carbocycles. The molecule has 0 saturated heterocycles. The van der Waals surface area contributed by atoms with E-state index in [-0.39, 0.29) is 6.10 Å². The van der Waals surface area contributed by atoms with Crippen molar-refractivity contribution in [1.29, 1.82) is 0 Å². The van der Waals surface area contributed by atoms with Crippen molar-refractivity contribution >= 4 is 17.3 Å². The lowest BCUT2D eigenvalue weighted by molar-refractivity contribution is 0.0626. The lowest BCUT2D eigenvalue weighted by Crippen LogP contribution is -2.24. The summed E-state index contributed by atoms with van der Waals surface area (Å²) in [7, 11) is 2.02. The Labute approximate surface area is 112 Å². The summed E-state index contributed by atoms with van der Waals surface area (Å²) in [5, 5.41) is 8.94. The third-order valence-electron chi connectivity index (χ3n) is 2.60. The SMILES string of the molecule is Cc1sc(C(=O)O)cc1CN(C)CCOC(C)C. The summed E-state index contributed by atoms with van der Waals surface area (Å²) in [5.74, 6) is -0.847. The van der Waals surface area contributed by atoms with Gasteiger partial charge in [0.25, 0.3) is 0 Å². The van der Waals surface area contributed by atoms with E-state index in [0.29, 0.717) is 11.5 Å². The molecule has 0 aliphatic heterocycles. The first-order valence-electron chi connectivity index (χ1n) is 6.03. The number of hydrogen-bond acceptors (Lipinski definition) is 4. The number of carbonyl (C=O) groups is 1. The molecule has 0 unspecified atom stereocenters. The fourth-order valence-corrected chi connectivity index (χ4v) is 2.47. The van der Waals surface area contributed by atoms with E-state index in [2.05, 4.69) is 4.90 Å². The molecule has 1 rings (SSSR count). The van der Waals surface area contributed by atoms with Crippen LogP contribution in [-0.2, 0) is 11.3 Å². The number of rotatable bonds is 7. The molecule has 0 aromatic carbocycles. The van der Waals surface area contributed by atoms with Crippen LogP contribution >= 0.6 is 11.3 Å². The Kier molecular flexibility index (Phi) is 5.78. The topological polar surface area (TPSA) is 49.8 Å². The highest BCUT2D eigenvalue weighted by Gasteiger charge is 2.12. The molecular weight excluding hydrogens is 250 g/mol. The van der Waals surface area contributed by atoms with Crippen molar-refractivity contribution in [2.24, 2.45) is 0 Å². The normalized spacial score (nSPS) is 11.4. The molecule has 0 aliphatic carbocycles. The van der Waals surface area contributed by atoms with Gasteiger partial charge in [-0.15, -0.1) is 11.3 Å². The molecule has 0 aliphatic rings. The summed E-state index contributed by atoms with van der Waals surface area (Å²) >= 11 is 1.34. The van der Waals surface area contributed by atoms with Crippen LogP contribution in [0.15, 0.2) is 6.07 Å². The number of likely N-dealkylation sites (N-methyl/N-ethyl adjacent to an activating group) is 1. The molecule has 18 heavy (non-hydrogen) atoms. The van der Waals surface area contributed by atoms with Crippen LogP contribution in [0, 0.1) is 6.92 Å². The fourth-order valence-electron chi connectivity index (χ4n) is 1.60. The first-order chi connectivity index (χ1) is 8.40. The summed E-state index contributed by atoms with van der Waals surface area (Å²) in [5.41, 5.74) is 1.09. The average Bonchev–Trinajstić information content (AvgIpc) is 2.60. The summed E-state index contributed by atoms with van der Waals surface area (Å²) in [6.45, 7) is 8.30. The number of aryl methyl sites for hydroxylation is 1. The molecule has 0 fully saturated rings. The minimum Gasteiger partial charge on any atom is -0.477 e. The van der Waals surface area contributed by atoms with Crippen LogP contribution < -0.4 is 0 Å². The molecule has 1 aromatic rings. The Morgan fingerprint density at radius 2 is 2.22 bits per heavy atom. The van der Waals surface area contributed by atoms with Gasteiger partial charge in [-0.1, -0.05) is 0 Å². The van der Waals surface area contributed by atoms with Crippen LogP contribution in [0.1, 0.15) is 34.0 Å². The van der Waals surface area contributed by atoms with E-state index < -0.39 is 5.97 Å². The van der Waals surface area contributed by atoms with Gasteiger partial charge in [-0.05, 0) is 39.4 Å². The van der Waals surface area contributed by atoms with Gasteiger partial charge in [-0.25, -0.2) is 4.79 Å². The number of aromatic carboxylic acids is 1. The molecule has 0 amide bonds. The largest absolute Gasteiger partial charge is 0.477 e. The van der Waals surface area contributed by atoms with Gasteiger partial charge >= 0.3 is 5.97 Å². The van der Waals surface area contributed by atoms with Gasteiger partial charge in [-0.3, -0.25) is 4.90 Å². The maximum absolute atomic E-state index is 10.9. The maximum atomic E-state index is 10.9. The monoisotopic (exact) mass is 271 g/mol. The third kappa shape index (κ3) is 4.76. The minimum atomic E-state index is -0.847. The molecule has 0 bridgehead atoms. The maximum Gasteiger partial charge on any atom is 0.345 e. The third-order valence-corrected chi connectivity index (χ3v) is 3.68. The van der Waals surface area contributed by atoms with Gasteiger partial charge in [0.1, 0.15) is 4.88 Å².